The summed E-state index contributed by atoms with van der Waals surface area (Å²) in [6.45, 7) is 0. The van der Waals surface area contributed by atoms with E-state index in [0.717, 1.165) is 0 Å². The first kappa shape index (κ1) is 98.8. The van der Waals surface area contributed by atoms with Gasteiger partial charge in [0.05, 0.1) is 0 Å². The monoisotopic (exact) mass is 283 g/mol. The first-order valence-electron chi connectivity index (χ1n) is 0. The van der Waals surface area contributed by atoms with Crippen LogP contribution in [0.2, 0.25) is 0 Å². The number of rotatable bonds is 0. The van der Waals surface area contributed by atoms with Gasteiger partial charge in [-0.15, -0.1) is 0 Å². The maximum absolute atomic E-state index is 0. The Balaban J connectivity index is 0. The molecule has 0 aliphatic carbocycles. The van der Waals surface area contributed by atoms with Crippen molar-refractivity contribution in [2.75, 3.05) is 0 Å². The molecule has 0 atom stereocenters. The second kappa shape index (κ2) is 63.4. The first-order chi connectivity index (χ1) is 0. The summed E-state index contributed by atoms with van der Waals surface area (Å²) >= 11 is 0. The van der Waals surface area contributed by atoms with Crippen LogP contribution in [0.25, 0.3) is 0 Å². The van der Waals surface area contributed by atoms with E-state index in [1.165, 1.54) is 0 Å². The Bertz CT molecular complexity index is 8.75. The molecule has 0 aliphatic rings. The third-order valence-electron chi connectivity index (χ3n) is 0. The van der Waals surface area contributed by atoms with Crippen LogP contribution in [-0.4, -0.2) is 0 Å². The summed E-state index contributed by atoms with van der Waals surface area (Å²) < 4.78 is 0. The summed E-state index contributed by atoms with van der Waals surface area (Å²) in [5.74, 6) is 0. The van der Waals surface area contributed by atoms with Crippen molar-refractivity contribution < 1.29 is 61.3 Å². The fraction of sp³-hybridized carbons (Fsp3) is 1.00. The molecule has 3 heteroatoms. The van der Waals surface area contributed by atoms with Gasteiger partial charge in [0.1, 0.15) is 0 Å². The minimum atomic E-state index is 0. The zero-order valence-corrected chi connectivity index (χ0v) is 9.13. The van der Waals surface area contributed by atoms with Crippen LogP contribution in [0.4, 0.5) is 0 Å². The molecule has 0 rings (SSSR count). The number of hydrogen-bond acceptors (Lipinski definition) is 0. The Morgan fingerprint density at radius 2 is 0.500 bits per heavy atom. The maximum atomic E-state index is 0. The maximum Gasteiger partial charge on any atom is 0 e. The molecule has 0 aromatic heterocycles. The van der Waals surface area contributed by atoms with Gasteiger partial charge in [-0.05, 0) is 0 Å². The predicted molar refractivity (Wildman–Crippen MR) is 20.2 cm³/mol. The van der Waals surface area contributed by atoms with Gasteiger partial charge < -0.3 is 0 Å². The van der Waals surface area contributed by atoms with Gasteiger partial charge in [0, 0.05) is 61.3 Å². The van der Waals surface area contributed by atoms with E-state index in [0.29, 0.717) is 0 Å². The molecule has 39 valence electrons. The topological polar surface area (TPSA) is 0 Å². The minimum Gasteiger partial charge on any atom is -0.0776 e. The largest absolute Gasteiger partial charge is 0.0776 e. The molecule has 0 saturated heterocycles. The summed E-state index contributed by atoms with van der Waals surface area (Å²) in [7, 11) is 0. The molecule has 0 nitrogen and oxygen atoms in total. The van der Waals surface area contributed by atoms with Gasteiger partial charge in [0.2, 0.25) is 0 Å². The van der Waals surface area contributed by atoms with E-state index in [1.807, 2.05) is 0 Å². The van der Waals surface area contributed by atoms with Crippen molar-refractivity contribution in [1.82, 2.24) is 0 Å². The minimum absolute atomic E-state index is 0. The van der Waals surface area contributed by atoms with E-state index < -0.39 is 0 Å². The average Bonchev–Trinajstić information content (AvgIpc) is 0. The zero-order chi connectivity index (χ0) is 0. The second-order valence-corrected chi connectivity index (χ2v) is 0. The molecule has 0 N–H and O–H groups in total. The van der Waals surface area contributed by atoms with Crippen LogP contribution < -0.4 is 0 Å². The second-order valence-electron chi connectivity index (χ2n) is 0. The Morgan fingerprint density at radius 3 is 0.500 bits per heavy atom. The van der Waals surface area contributed by atoms with Crippen molar-refractivity contribution in [3.63, 3.8) is 0 Å². The van der Waals surface area contributed by atoms with Crippen molar-refractivity contribution >= 4 is 0 Å². The molecule has 0 aromatic rings. The first-order valence-corrected chi connectivity index (χ1v) is 0. The Hall–Kier alpha value is 1.99. The van der Waals surface area contributed by atoms with E-state index in [-0.39, 0.29) is 83.6 Å². The van der Waals surface area contributed by atoms with E-state index in [2.05, 4.69) is 0 Å². The van der Waals surface area contributed by atoms with Gasteiger partial charge in [0.25, 0.3) is 0 Å². The van der Waals surface area contributed by atoms with Crippen LogP contribution in [-0.2, 0) is 61.3 Å². The van der Waals surface area contributed by atoms with Gasteiger partial charge in [0.15, 0.2) is 0 Å². The van der Waals surface area contributed by atoms with Crippen LogP contribution in [0.15, 0.2) is 0 Å². The van der Waals surface area contributed by atoms with E-state index in [1.54, 1.807) is 0 Å². The Kier molecular flexibility index (Phi) is 1040. The molecular weight excluding hydrogens is 275 g/mol. The molecule has 0 heterocycles. The van der Waals surface area contributed by atoms with Crippen LogP contribution in [0.1, 0.15) is 22.3 Å². The molecule has 0 aliphatic heterocycles. The normalized spacial score (nSPS) is 0. The number of hydrogen-bond donors (Lipinski definition) is 0. The molecule has 1 radical (unpaired) electrons. The van der Waals surface area contributed by atoms with Crippen molar-refractivity contribution in [3.8, 4) is 0 Å². The molecule has 0 amide bonds. The third kappa shape index (κ3) is 37.7. The standard InChI is InChI=1S/3CH4.Ag.2Zn/h3*1H4;;;. The van der Waals surface area contributed by atoms with Gasteiger partial charge >= 0.3 is 0 Å². The van der Waals surface area contributed by atoms with Crippen LogP contribution in [0, 0.1) is 0 Å². The molecular formula is C3H12AgZn2. The van der Waals surface area contributed by atoms with Gasteiger partial charge in [-0.25, -0.2) is 0 Å². The molecule has 0 bridgehead atoms. The quantitative estimate of drug-likeness (QED) is 0.597. The summed E-state index contributed by atoms with van der Waals surface area (Å²) in [5, 5.41) is 0. The van der Waals surface area contributed by atoms with Crippen LogP contribution >= 0.6 is 0 Å². The zero-order valence-electron chi connectivity index (χ0n) is 1.72. The fourth-order valence-electron chi connectivity index (χ4n) is 0. The van der Waals surface area contributed by atoms with Crippen molar-refractivity contribution in [2.45, 2.75) is 22.3 Å². The Morgan fingerprint density at radius 1 is 0.500 bits per heavy atom. The average molecular weight is 287 g/mol. The Labute approximate surface area is 82.9 Å². The van der Waals surface area contributed by atoms with Crippen LogP contribution in [0.3, 0.4) is 0 Å². The molecule has 0 unspecified atom stereocenters. The summed E-state index contributed by atoms with van der Waals surface area (Å²) in [4.78, 5) is 0. The van der Waals surface area contributed by atoms with Gasteiger partial charge in [-0.2, -0.15) is 0 Å². The fourth-order valence-corrected chi connectivity index (χ4v) is 0. The molecule has 6 heavy (non-hydrogen) atoms. The van der Waals surface area contributed by atoms with Crippen molar-refractivity contribution in [2.24, 2.45) is 0 Å². The van der Waals surface area contributed by atoms with Crippen LogP contribution in [0.5, 0.6) is 0 Å². The summed E-state index contributed by atoms with van der Waals surface area (Å²) in [6, 6.07) is 0. The van der Waals surface area contributed by atoms with Gasteiger partial charge in [-0.3, -0.25) is 0 Å². The molecule has 0 aromatic carbocycles. The summed E-state index contributed by atoms with van der Waals surface area (Å²) in [5.41, 5.74) is 0. The van der Waals surface area contributed by atoms with E-state index >= 15 is 0 Å². The molecule has 0 fully saturated rings. The van der Waals surface area contributed by atoms with E-state index in [9.17, 15) is 0 Å². The smallest absolute Gasteiger partial charge is 0 e. The van der Waals surface area contributed by atoms with Crippen molar-refractivity contribution in [1.29, 1.82) is 0 Å². The summed E-state index contributed by atoms with van der Waals surface area (Å²) in [6.07, 6.45) is 0. The van der Waals surface area contributed by atoms with Gasteiger partial charge in [-0.1, -0.05) is 22.3 Å². The van der Waals surface area contributed by atoms with Crippen molar-refractivity contribution in [3.05, 3.63) is 0 Å². The third-order valence-corrected chi connectivity index (χ3v) is 0. The molecule has 0 saturated carbocycles. The molecule has 0 spiro atoms. The SMILES string of the molecule is C.C.C.[Ag].[Zn].[Zn]. The predicted octanol–water partition coefficient (Wildman–Crippen LogP) is 1.90. The van der Waals surface area contributed by atoms with E-state index in [4.69, 9.17) is 0 Å².